The van der Waals surface area contributed by atoms with E-state index in [4.69, 9.17) is 5.11 Å². The van der Waals surface area contributed by atoms with E-state index >= 15 is 0 Å². The lowest BCUT2D eigenvalue weighted by molar-refractivity contribution is -0.136. The Balaban J connectivity index is 1.66. The summed E-state index contributed by atoms with van der Waals surface area (Å²) in [6.07, 6.45) is 8.85. The zero-order chi connectivity index (χ0) is 13.5. The van der Waals surface area contributed by atoms with Crippen molar-refractivity contribution in [3.05, 3.63) is 11.1 Å². The first kappa shape index (κ1) is 14.3. The summed E-state index contributed by atoms with van der Waals surface area (Å²) >= 11 is 1.57. The molecular formula is C14H22N2O2S. The van der Waals surface area contributed by atoms with Crippen LogP contribution < -0.4 is 5.32 Å². The van der Waals surface area contributed by atoms with Crippen molar-refractivity contribution >= 4 is 22.4 Å². The van der Waals surface area contributed by atoms with Crippen molar-refractivity contribution in [3.8, 4) is 0 Å². The van der Waals surface area contributed by atoms with Crippen molar-refractivity contribution in [2.75, 3.05) is 11.9 Å². The Hall–Kier alpha value is -1.10. The molecule has 5 heteroatoms. The van der Waals surface area contributed by atoms with Crippen molar-refractivity contribution < 1.29 is 9.90 Å². The maximum atomic E-state index is 10.5. The van der Waals surface area contributed by atoms with Crippen molar-refractivity contribution in [3.63, 3.8) is 0 Å². The number of nitrogens with zero attached hydrogens (tertiary/aromatic N) is 1. The summed E-state index contributed by atoms with van der Waals surface area (Å²) in [6.45, 7) is 0.983. The van der Waals surface area contributed by atoms with Gasteiger partial charge in [0.2, 0.25) is 0 Å². The Bertz CT molecular complexity index is 400. The standard InChI is InChI=1S/C14H22N2O2S/c17-13(18)7-6-12-10-19-14(16-12)15-9-8-11-4-2-1-3-5-11/h10-11H,1-9H2,(H,15,16)(H,17,18). The van der Waals surface area contributed by atoms with Crippen LogP contribution in [0.4, 0.5) is 5.13 Å². The molecule has 1 fully saturated rings. The van der Waals surface area contributed by atoms with Gasteiger partial charge in [-0.25, -0.2) is 4.98 Å². The summed E-state index contributed by atoms with van der Waals surface area (Å²) in [4.78, 5) is 14.9. The smallest absolute Gasteiger partial charge is 0.303 e. The molecule has 2 N–H and O–H groups in total. The van der Waals surface area contributed by atoms with E-state index in [2.05, 4.69) is 10.3 Å². The van der Waals surface area contributed by atoms with Crippen LogP contribution in [0.25, 0.3) is 0 Å². The molecule has 0 aliphatic heterocycles. The molecule has 19 heavy (non-hydrogen) atoms. The normalized spacial score (nSPS) is 16.4. The van der Waals surface area contributed by atoms with E-state index in [0.717, 1.165) is 23.3 Å². The van der Waals surface area contributed by atoms with Gasteiger partial charge < -0.3 is 10.4 Å². The van der Waals surface area contributed by atoms with Crippen LogP contribution in [0.5, 0.6) is 0 Å². The minimum Gasteiger partial charge on any atom is -0.481 e. The van der Waals surface area contributed by atoms with Gasteiger partial charge >= 0.3 is 5.97 Å². The molecule has 0 bridgehead atoms. The van der Waals surface area contributed by atoms with Crippen molar-refractivity contribution in [1.29, 1.82) is 0 Å². The molecule has 0 spiro atoms. The second kappa shape index (κ2) is 7.48. The van der Waals surface area contributed by atoms with Gasteiger partial charge in [-0.15, -0.1) is 11.3 Å². The van der Waals surface area contributed by atoms with Gasteiger partial charge in [0.25, 0.3) is 0 Å². The lowest BCUT2D eigenvalue weighted by atomic mass is 9.87. The quantitative estimate of drug-likeness (QED) is 0.803. The molecule has 1 aliphatic rings. The number of aryl methyl sites for hydroxylation is 1. The van der Waals surface area contributed by atoms with Crippen LogP contribution in [-0.2, 0) is 11.2 Å². The number of carboxylic acid groups (broad SMARTS) is 1. The number of anilines is 1. The molecule has 1 saturated carbocycles. The first-order chi connectivity index (χ1) is 9.24. The summed E-state index contributed by atoms with van der Waals surface area (Å²) < 4.78 is 0. The van der Waals surface area contributed by atoms with Gasteiger partial charge in [-0.1, -0.05) is 32.1 Å². The summed E-state index contributed by atoms with van der Waals surface area (Å²) in [6, 6.07) is 0. The molecule has 0 unspecified atom stereocenters. The second-order valence-corrected chi connectivity index (χ2v) is 6.12. The molecule has 1 aromatic rings. The Labute approximate surface area is 118 Å². The predicted octanol–water partition coefficient (Wildman–Crippen LogP) is 3.54. The SMILES string of the molecule is O=C(O)CCc1csc(NCCC2CCCCC2)n1. The van der Waals surface area contributed by atoms with E-state index in [0.29, 0.717) is 6.42 Å². The lowest BCUT2D eigenvalue weighted by Crippen LogP contribution is -2.12. The molecule has 0 aromatic carbocycles. The average molecular weight is 282 g/mol. The minimum absolute atomic E-state index is 0.158. The summed E-state index contributed by atoms with van der Waals surface area (Å²) in [5, 5.41) is 14.9. The van der Waals surface area contributed by atoms with Gasteiger partial charge in [-0.2, -0.15) is 0 Å². The number of rotatable bonds is 7. The highest BCUT2D eigenvalue weighted by Crippen LogP contribution is 2.26. The molecule has 0 saturated heterocycles. The lowest BCUT2D eigenvalue weighted by Gasteiger charge is -2.21. The second-order valence-electron chi connectivity index (χ2n) is 5.26. The molecule has 4 nitrogen and oxygen atoms in total. The van der Waals surface area contributed by atoms with Crippen molar-refractivity contribution in [1.82, 2.24) is 4.98 Å². The highest BCUT2D eigenvalue weighted by molar-refractivity contribution is 7.13. The molecule has 0 atom stereocenters. The maximum absolute atomic E-state index is 10.5. The first-order valence-electron chi connectivity index (χ1n) is 7.14. The van der Waals surface area contributed by atoms with Gasteiger partial charge in [-0.3, -0.25) is 4.79 Å². The van der Waals surface area contributed by atoms with Gasteiger partial charge in [0, 0.05) is 18.3 Å². The Morgan fingerprint density at radius 2 is 2.21 bits per heavy atom. The van der Waals surface area contributed by atoms with Crippen LogP contribution in [-0.4, -0.2) is 22.6 Å². The third-order valence-corrected chi connectivity index (χ3v) is 4.55. The molecule has 1 aromatic heterocycles. The number of hydrogen-bond donors (Lipinski definition) is 2. The molecule has 0 amide bonds. The Morgan fingerprint density at radius 1 is 1.42 bits per heavy atom. The Kier molecular flexibility index (Phi) is 5.63. The molecule has 106 valence electrons. The highest BCUT2D eigenvalue weighted by atomic mass is 32.1. The van der Waals surface area contributed by atoms with Crippen LogP contribution in [0.15, 0.2) is 5.38 Å². The average Bonchev–Trinajstić information content (AvgIpc) is 2.86. The maximum Gasteiger partial charge on any atom is 0.303 e. The zero-order valence-corrected chi connectivity index (χ0v) is 12.0. The number of carboxylic acids is 1. The third-order valence-electron chi connectivity index (χ3n) is 3.70. The molecule has 2 rings (SSSR count). The van der Waals surface area contributed by atoms with E-state index in [1.807, 2.05) is 5.38 Å². The van der Waals surface area contributed by atoms with Gasteiger partial charge in [0.15, 0.2) is 5.13 Å². The van der Waals surface area contributed by atoms with Crippen LogP contribution >= 0.6 is 11.3 Å². The Morgan fingerprint density at radius 3 is 2.95 bits per heavy atom. The van der Waals surface area contributed by atoms with E-state index in [-0.39, 0.29) is 6.42 Å². The summed E-state index contributed by atoms with van der Waals surface area (Å²) in [5.41, 5.74) is 0.882. The minimum atomic E-state index is -0.764. The predicted molar refractivity (Wildman–Crippen MR) is 77.8 cm³/mol. The van der Waals surface area contributed by atoms with Crippen LogP contribution in [0, 0.1) is 5.92 Å². The molecule has 0 radical (unpaired) electrons. The van der Waals surface area contributed by atoms with E-state index in [1.54, 1.807) is 11.3 Å². The fourth-order valence-electron chi connectivity index (χ4n) is 2.60. The zero-order valence-electron chi connectivity index (χ0n) is 11.2. The monoisotopic (exact) mass is 282 g/mol. The fraction of sp³-hybridized carbons (Fsp3) is 0.714. The number of aliphatic carboxylic acids is 1. The van der Waals surface area contributed by atoms with Crippen LogP contribution in [0.1, 0.15) is 50.6 Å². The van der Waals surface area contributed by atoms with Crippen LogP contribution in [0.2, 0.25) is 0 Å². The van der Waals surface area contributed by atoms with E-state index in [9.17, 15) is 4.79 Å². The largest absolute Gasteiger partial charge is 0.481 e. The molecule has 1 aliphatic carbocycles. The summed E-state index contributed by atoms with van der Waals surface area (Å²) in [5.74, 6) is 0.118. The number of hydrogen-bond acceptors (Lipinski definition) is 4. The van der Waals surface area contributed by atoms with E-state index < -0.39 is 5.97 Å². The van der Waals surface area contributed by atoms with Gasteiger partial charge in [0.1, 0.15) is 0 Å². The molecular weight excluding hydrogens is 260 g/mol. The van der Waals surface area contributed by atoms with Crippen molar-refractivity contribution in [2.45, 2.75) is 51.4 Å². The first-order valence-corrected chi connectivity index (χ1v) is 8.02. The van der Waals surface area contributed by atoms with Gasteiger partial charge in [0.05, 0.1) is 12.1 Å². The molecule has 1 heterocycles. The third kappa shape index (κ3) is 5.19. The summed E-state index contributed by atoms with van der Waals surface area (Å²) in [7, 11) is 0. The number of aromatic nitrogens is 1. The van der Waals surface area contributed by atoms with Gasteiger partial charge in [-0.05, 0) is 12.3 Å². The number of carbonyl (C=O) groups is 1. The van der Waals surface area contributed by atoms with E-state index in [1.165, 1.54) is 38.5 Å². The topological polar surface area (TPSA) is 62.2 Å². The van der Waals surface area contributed by atoms with Crippen LogP contribution in [0.3, 0.4) is 0 Å². The highest BCUT2D eigenvalue weighted by Gasteiger charge is 2.13. The number of nitrogens with one attached hydrogen (secondary N) is 1. The fourth-order valence-corrected chi connectivity index (χ4v) is 3.37. The number of thiazole rings is 1. The van der Waals surface area contributed by atoms with Crippen molar-refractivity contribution in [2.24, 2.45) is 5.92 Å².